The van der Waals surface area contributed by atoms with E-state index in [1.807, 2.05) is 12.1 Å². The molecule has 4 aromatic rings. The zero-order valence-corrected chi connectivity index (χ0v) is 20.8. The second kappa shape index (κ2) is 9.99. The van der Waals surface area contributed by atoms with Crippen LogP contribution < -0.4 is 11.5 Å². The summed E-state index contributed by atoms with van der Waals surface area (Å²) in [5, 5.41) is 0. The average molecular weight is 482 g/mol. The first kappa shape index (κ1) is 23.1. The SMILES string of the molecule is Nc1ncccc1-c1nc2ccc(C3CCCCC3)nc2n1-c1ccc(CN2CCC(N)CC2)cc1. The summed E-state index contributed by atoms with van der Waals surface area (Å²) in [4.78, 5) is 17.0. The van der Waals surface area contributed by atoms with Crippen molar-refractivity contribution in [3.05, 3.63) is 66.0 Å². The lowest BCUT2D eigenvalue weighted by molar-refractivity contribution is 0.205. The van der Waals surface area contributed by atoms with Gasteiger partial charge in [-0.3, -0.25) is 9.47 Å². The second-order valence-corrected chi connectivity index (χ2v) is 10.4. The Bertz CT molecular complexity index is 1330. The number of nitrogen functional groups attached to an aromatic ring is 1. The van der Waals surface area contributed by atoms with Gasteiger partial charge in [0.15, 0.2) is 11.5 Å². The first-order valence-electron chi connectivity index (χ1n) is 13.3. The zero-order chi connectivity index (χ0) is 24.5. The number of fused-ring (bicyclic) bond motifs is 1. The summed E-state index contributed by atoms with van der Waals surface area (Å²) in [5.74, 6) is 1.78. The Morgan fingerprint density at radius 1 is 0.861 bits per heavy atom. The van der Waals surface area contributed by atoms with E-state index >= 15 is 0 Å². The van der Waals surface area contributed by atoms with Crippen molar-refractivity contribution in [2.45, 2.75) is 63.5 Å². The number of aromatic nitrogens is 4. The molecule has 1 aliphatic carbocycles. The maximum absolute atomic E-state index is 6.31. The minimum atomic E-state index is 0.350. The van der Waals surface area contributed by atoms with Crippen LogP contribution in [0.15, 0.2) is 54.7 Å². The molecule has 0 amide bonds. The number of hydrogen-bond donors (Lipinski definition) is 2. The largest absolute Gasteiger partial charge is 0.383 e. The van der Waals surface area contributed by atoms with Crippen LogP contribution in [0.1, 0.15) is 62.1 Å². The molecular weight excluding hydrogens is 446 g/mol. The van der Waals surface area contributed by atoms with Gasteiger partial charge in [-0.2, -0.15) is 0 Å². The summed E-state index contributed by atoms with van der Waals surface area (Å²) in [6, 6.07) is 17.3. The third-order valence-electron chi connectivity index (χ3n) is 7.86. The fraction of sp³-hybridized carbons (Fsp3) is 0.414. The Balaban J connectivity index is 1.40. The van der Waals surface area contributed by atoms with Gasteiger partial charge in [0.05, 0.1) is 5.56 Å². The van der Waals surface area contributed by atoms with Crippen molar-refractivity contribution in [1.29, 1.82) is 0 Å². The molecule has 3 aromatic heterocycles. The molecule has 0 spiro atoms. The van der Waals surface area contributed by atoms with Crippen LogP contribution in [0.4, 0.5) is 5.82 Å². The van der Waals surface area contributed by atoms with Crippen LogP contribution in [0.3, 0.4) is 0 Å². The van der Waals surface area contributed by atoms with Gasteiger partial charge in [-0.15, -0.1) is 0 Å². The molecule has 7 nitrogen and oxygen atoms in total. The molecule has 7 heteroatoms. The standard InChI is InChI=1S/C29H35N7/c30-22-14-17-35(18-15-22)19-20-8-10-23(11-9-20)36-28(24-7-4-16-32-27(24)31)34-26-13-12-25(33-29(26)36)21-5-2-1-3-6-21/h4,7-13,16,21-22H,1-3,5-6,14-15,17-19,30H2,(H2,31,32). The molecule has 2 fully saturated rings. The number of pyridine rings is 2. The van der Waals surface area contributed by atoms with Crippen molar-refractivity contribution < 1.29 is 0 Å². The van der Waals surface area contributed by atoms with E-state index in [9.17, 15) is 0 Å². The number of benzene rings is 1. The number of rotatable bonds is 5. The first-order chi connectivity index (χ1) is 17.7. The summed E-state index contributed by atoms with van der Waals surface area (Å²) >= 11 is 0. The van der Waals surface area contributed by atoms with Gasteiger partial charge in [-0.25, -0.2) is 15.0 Å². The van der Waals surface area contributed by atoms with Crippen molar-refractivity contribution in [2.24, 2.45) is 5.73 Å². The van der Waals surface area contributed by atoms with E-state index in [1.165, 1.54) is 43.4 Å². The second-order valence-electron chi connectivity index (χ2n) is 10.4. The molecule has 1 saturated carbocycles. The van der Waals surface area contributed by atoms with E-state index < -0.39 is 0 Å². The molecule has 1 aromatic carbocycles. The van der Waals surface area contributed by atoms with Crippen LogP contribution in [0.2, 0.25) is 0 Å². The molecule has 186 valence electrons. The molecular formula is C29H35N7. The van der Waals surface area contributed by atoms with E-state index in [-0.39, 0.29) is 0 Å². The lowest BCUT2D eigenvalue weighted by Gasteiger charge is -2.30. The summed E-state index contributed by atoms with van der Waals surface area (Å²) < 4.78 is 2.15. The molecule has 0 radical (unpaired) electrons. The molecule has 4 N–H and O–H groups in total. The maximum Gasteiger partial charge on any atom is 0.165 e. The van der Waals surface area contributed by atoms with Crippen molar-refractivity contribution in [3.8, 4) is 17.1 Å². The van der Waals surface area contributed by atoms with E-state index in [1.54, 1.807) is 6.20 Å². The Morgan fingerprint density at radius 3 is 2.39 bits per heavy atom. The summed E-state index contributed by atoms with van der Waals surface area (Å²) in [5.41, 5.74) is 18.5. The van der Waals surface area contributed by atoms with E-state index in [0.717, 1.165) is 60.7 Å². The molecule has 6 rings (SSSR count). The Hall–Kier alpha value is -3.29. The highest BCUT2D eigenvalue weighted by atomic mass is 15.1. The summed E-state index contributed by atoms with van der Waals surface area (Å²) in [6.45, 7) is 3.07. The van der Waals surface area contributed by atoms with Crippen LogP contribution in [-0.4, -0.2) is 43.6 Å². The van der Waals surface area contributed by atoms with E-state index in [2.05, 4.69) is 50.8 Å². The third kappa shape index (κ3) is 4.61. The number of nitrogens with zero attached hydrogens (tertiary/aromatic N) is 5. The molecule has 0 atom stereocenters. The molecule has 1 saturated heterocycles. The fourth-order valence-electron chi connectivity index (χ4n) is 5.75. The van der Waals surface area contributed by atoms with Crippen molar-refractivity contribution in [2.75, 3.05) is 18.8 Å². The monoisotopic (exact) mass is 481 g/mol. The van der Waals surface area contributed by atoms with E-state index in [4.69, 9.17) is 21.4 Å². The topological polar surface area (TPSA) is 98.9 Å². The zero-order valence-electron chi connectivity index (χ0n) is 20.8. The maximum atomic E-state index is 6.31. The fourth-order valence-corrected chi connectivity index (χ4v) is 5.75. The van der Waals surface area contributed by atoms with Gasteiger partial charge in [-0.1, -0.05) is 31.4 Å². The highest BCUT2D eigenvalue weighted by Crippen LogP contribution is 2.35. The van der Waals surface area contributed by atoms with E-state index in [0.29, 0.717) is 17.8 Å². The molecule has 1 aliphatic heterocycles. The molecule has 0 bridgehead atoms. The van der Waals surface area contributed by atoms with Gasteiger partial charge in [0.25, 0.3) is 0 Å². The number of nitrogens with two attached hydrogens (primary N) is 2. The number of hydrogen-bond acceptors (Lipinski definition) is 6. The molecule has 4 heterocycles. The van der Waals surface area contributed by atoms with Crippen molar-refractivity contribution in [3.63, 3.8) is 0 Å². The minimum absolute atomic E-state index is 0.350. The Labute approximate surface area is 212 Å². The molecule has 0 unspecified atom stereocenters. The Morgan fingerprint density at radius 2 is 1.64 bits per heavy atom. The van der Waals surface area contributed by atoms with Gasteiger partial charge < -0.3 is 11.5 Å². The predicted molar refractivity (Wildman–Crippen MR) is 145 cm³/mol. The quantitative estimate of drug-likeness (QED) is 0.415. The highest BCUT2D eigenvalue weighted by Gasteiger charge is 2.22. The van der Waals surface area contributed by atoms with Crippen molar-refractivity contribution in [1.82, 2.24) is 24.4 Å². The van der Waals surface area contributed by atoms with Crippen LogP contribution in [0, 0.1) is 0 Å². The van der Waals surface area contributed by atoms with Gasteiger partial charge in [-0.05, 0) is 80.7 Å². The number of piperidine rings is 1. The first-order valence-corrected chi connectivity index (χ1v) is 13.3. The number of anilines is 1. The predicted octanol–water partition coefficient (Wildman–Crippen LogP) is 5.04. The van der Waals surface area contributed by atoms with Crippen LogP contribution in [-0.2, 0) is 6.54 Å². The number of likely N-dealkylation sites (tertiary alicyclic amines) is 1. The summed E-state index contributed by atoms with van der Waals surface area (Å²) in [7, 11) is 0. The Kier molecular flexibility index (Phi) is 6.42. The van der Waals surface area contributed by atoms with Gasteiger partial charge in [0, 0.05) is 36.1 Å². The van der Waals surface area contributed by atoms with Gasteiger partial charge >= 0.3 is 0 Å². The van der Waals surface area contributed by atoms with Gasteiger partial charge in [0.1, 0.15) is 11.3 Å². The average Bonchev–Trinajstić information content (AvgIpc) is 3.30. The number of imidazole rings is 1. The minimum Gasteiger partial charge on any atom is -0.383 e. The summed E-state index contributed by atoms with van der Waals surface area (Å²) in [6.07, 6.45) is 10.2. The lowest BCUT2D eigenvalue weighted by Crippen LogP contribution is -2.39. The molecule has 2 aliphatic rings. The van der Waals surface area contributed by atoms with Crippen LogP contribution in [0.5, 0.6) is 0 Å². The lowest BCUT2D eigenvalue weighted by atomic mass is 9.87. The van der Waals surface area contributed by atoms with Crippen LogP contribution in [0.25, 0.3) is 28.2 Å². The molecule has 36 heavy (non-hydrogen) atoms. The van der Waals surface area contributed by atoms with Crippen molar-refractivity contribution >= 4 is 17.0 Å². The highest BCUT2D eigenvalue weighted by molar-refractivity contribution is 5.82. The van der Waals surface area contributed by atoms with Crippen LogP contribution >= 0.6 is 0 Å². The smallest absolute Gasteiger partial charge is 0.165 e. The third-order valence-corrected chi connectivity index (χ3v) is 7.86. The van der Waals surface area contributed by atoms with Gasteiger partial charge in [0.2, 0.25) is 0 Å². The normalized spacial score (nSPS) is 18.1.